The predicted molar refractivity (Wildman–Crippen MR) is 63.7 cm³/mol. The number of oxazole rings is 1. The van der Waals surface area contributed by atoms with Gasteiger partial charge in [-0.1, -0.05) is 12.1 Å². The van der Waals surface area contributed by atoms with Crippen LogP contribution in [0, 0.1) is 20.4 Å². The predicted octanol–water partition coefficient (Wildman–Crippen LogP) is 2.21. The molecule has 2 aromatic heterocycles. The molecule has 0 aliphatic heterocycles. The van der Waals surface area contributed by atoms with Crippen LogP contribution in [0.5, 0.6) is 0 Å². The maximum Gasteiger partial charge on any atom is 0.406 e. The Labute approximate surface area is 104 Å². The molecule has 2 aromatic rings. The van der Waals surface area contributed by atoms with Crippen molar-refractivity contribution < 1.29 is 8.94 Å². The third-order valence-electron chi connectivity index (χ3n) is 2.91. The van der Waals surface area contributed by atoms with E-state index in [1.807, 2.05) is 13.8 Å². The molecule has 0 fully saturated rings. The first-order valence-electron chi connectivity index (χ1n) is 5.60. The van der Waals surface area contributed by atoms with E-state index in [-0.39, 0.29) is 5.88 Å². The molecule has 2 rings (SSSR count). The van der Waals surface area contributed by atoms with E-state index in [4.69, 9.17) is 15.5 Å². The van der Waals surface area contributed by atoms with Crippen molar-refractivity contribution in [2.45, 2.75) is 33.7 Å². The lowest BCUT2D eigenvalue weighted by atomic mass is 10.2. The molecule has 0 saturated heterocycles. The molecule has 2 heterocycles. The lowest BCUT2D eigenvalue weighted by Crippen LogP contribution is -2.18. The minimum Gasteiger partial charge on any atom is -0.434 e. The number of aryl methyl sites for hydroxylation is 2. The Kier molecular flexibility index (Phi) is 3.06. The SMILES string of the molecule is [C-]#[N+]c1oc(=O)n(Cc2c(C)noc2C)c1CC. The molecule has 0 bridgehead atoms. The topological polar surface area (TPSA) is 65.5 Å². The van der Waals surface area contributed by atoms with Crippen LogP contribution in [0.3, 0.4) is 0 Å². The van der Waals surface area contributed by atoms with Gasteiger partial charge < -0.3 is 8.94 Å². The van der Waals surface area contributed by atoms with Crippen molar-refractivity contribution in [2.24, 2.45) is 0 Å². The van der Waals surface area contributed by atoms with Crippen LogP contribution in [0.4, 0.5) is 5.88 Å². The minimum absolute atomic E-state index is 0.0641. The smallest absolute Gasteiger partial charge is 0.406 e. The first-order valence-corrected chi connectivity index (χ1v) is 5.60. The van der Waals surface area contributed by atoms with E-state index < -0.39 is 5.76 Å². The molecule has 6 nitrogen and oxygen atoms in total. The highest BCUT2D eigenvalue weighted by atomic mass is 16.5. The Morgan fingerprint density at radius 3 is 2.67 bits per heavy atom. The Bertz CT molecular complexity index is 650. The lowest BCUT2D eigenvalue weighted by molar-refractivity contribution is 0.391. The molecule has 0 aromatic carbocycles. The molecule has 18 heavy (non-hydrogen) atoms. The van der Waals surface area contributed by atoms with E-state index in [1.54, 1.807) is 6.92 Å². The molecular formula is C12H13N3O3. The average Bonchev–Trinajstić information content (AvgIpc) is 2.83. The van der Waals surface area contributed by atoms with E-state index in [0.29, 0.717) is 24.4 Å². The third-order valence-corrected chi connectivity index (χ3v) is 2.91. The van der Waals surface area contributed by atoms with Crippen molar-refractivity contribution in [1.82, 2.24) is 9.72 Å². The van der Waals surface area contributed by atoms with Crippen molar-refractivity contribution in [3.63, 3.8) is 0 Å². The normalized spacial score (nSPS) is 10.6. The molecule has 0 saturated carbocycles. The van der Waals surface area contributed by atoms with Crippen LogP contribution < -0.4 is 5.76 Å². The third kappa shape index (κ3) is 1.84. The van der Waals surface area contributed by atoms with Gasteiger partial charge in [0, 0.05) is 5.56 Å². The van der Waals surface area contributed by atoms with E-state index in [1.165, 1.54) is 4.57 Å². The highest BCUT2D eigenvalue weighted by Crippen LogP contribution is 2.21. The van der Waals surface area contributed by atoms with Crippen molar-refractivity contribution in [3.8, 4) is 0 Å². The van der Waals surface area contributed by atoms with E-state index >= 15 is 0 Å². The van der Waals surface area contributed by atoms with Crippen LogP contribution in [0.15, 0.2) is 13.7 Å². The summed E-state index contributed by atoms with van der Waals surface area (Å²) >= 11 is 0. The highest BCUT2D eigenvalue weighted by Gasteiger charge is 2.18. The van der Waals surface area contributed by atoms with Crippen LogP contribution in [-0.2, 0) is 13.0 Å². The first-order chi connectivity index (χ1) is 8.58. The number of nitrogens with zero attached hydrogens (tertiary/aromatic N) is 3. The maximum absolute atomic E-state index is 11.7. The molecule has 0 atom stereocenters. The molecule has 0 N–H and O–H groups in total. The maximum atomic E-state index is 11.7. The van der Waals surface area contributed by atoms with Crippen molar-refractivity contribution in [1.29, 1.82) is 0 Å². The van der Waals surface area contributed by atoms with Gasteiger partial charge in [-0.05, 0) is 20.3 Å². The zero-order valence-electron chi connectivity index (χ0n) is 10.5. The van der Waals surface area contributed by atoms with Gasteiger partial charge >= 0.3 is 11.6 Å². The summed E-state index contributed by atoms with van der Waals surface area (Å²) in [6, 6.07) is 0. The second-order valence-corrected chi connectivity index (χ2v) is 3.97. The van der Waals surface area contributed by atoms with Gasteiger partial charge in [0.1, 0.15) is 5.76 Å². The Hall–Kier alpha value is -2.29. The van der Waals surface area contributed by atoms with Crippen LogP contribution in [0.1, 0.15) is 29.6 Å². The number of hydrogen-bond donors (Lipinski definition) is 0. The lowest BCUT2D eigenvalue weighted by Gasteiger charge is -2.04. The summed E-state index contributed by atoms with van der Waals surface area (Å²) in [7, 11) is 0. The summed E-state index contributed by atoms with van der Waals surface area (Å²) in [5.74, 6) is 0.221. The van der Waals surface area contributed by atoms with E-state index in [0.717, 1.165) is 11.3 Å². The van der Waals surface area contributed by atoms with Gasteiger partial charge in [0.05, 0.1) is 24.5 Å². The molecule has 94 valence electrons. The summed E-state index contributed by atoms with van der Waals surface area (Å²) < 4.78 is 11.4. The fourth-order valence-electron chi connectivity index (χ4n) is 1.90. The van der Waals surface area contributed by atoms with E-state index in [9.17, 15) is 4.79 Å². The number of rotatable bonds is 3. The Morgan fingerprint density at radius 2 is 2.17 bits per heavy atom. The molecular weight excluding hydrogens is 234 g/mol. The Morgan fingerprint density at radius 1 is 1.44 bits per heavy atom. The van der Waals surface area contributed by atoms with Gasteiger partial charge in [-0.25, -0.2) is 4.79 Å². The molecule has 6 heteroatoms. The van der Waals surface area contributed by atoms with Gasteiger partial charge in [0.25, 0.3) is 0 Å². The summed E-state index contributed by atoms with van der Waals surface area (Å²) in [5.41, 5.74) is 2.20. The molecule has 0 spiro atoms. The quantitative estimate of drug-likeness (QED) is 0.780. The summed E-state index contributed by atoms with van der Waals surface area (Å²) in [6.45, 7) is 12.8. The van der Waals surface area contributed by atoms with Crippen LogP contribution in [0.2, 0.25) is 0 Å². The van der Waals surface area contributed by atoms with Crippen molar-refractivity contribution in [2.75, 3.05) is 0 Å². The van der Waals surface area contributed by atoms with E-state index in [2.05, 4.69) is 10.0 Å². The fourth-order valence-corrected chi connectivity index (χ4v) is 1.90. The summed E-state index contributed by atoms with van der Waals surface area (Å²) in [6.07, 6.45) is 0.562. The molecule has 0 amide bonds. The summed E-state index contributed by atoms with van der Waals surface area (Å²) in [5, 5.41) is 3.84. The average molecular weight is 247 g/mol. The van der Waals surface area contributed by atoms with Gasteiger partial charge in [0.15, 0.2) is 0 Å². The number of aromatic nitrogens is 2. The molecule has 0 aliphatic carbocycles. The van der Waals surface area contributed by atoms with Gasteiger partial charge in [-0.15, -0.1) is 0 Å². The summed E-state index contributed by atoms with van der Waals surface area (Å²) in [4.78, 5) is 14.9. The first kappa shape index (κ1) is 12.2. The second-order valence-electron chi connectivity index (χ2n) is 3.97. The monoisotopic (exact) mass is 247 g/mol. The number of hydrogen-bond acceptors (Lipinski definition) is 4. The van der Waals surface area contributed by atoms with Gasteiger partial charge in [0.2, 0.25) is 0 Å². The zero-order chi connectivity index (χ0) is 13.3. The zero-order valence-corrected chi connectivity index (χ0v) is 10.5. The highest BCUT2D eigenvalue weighted by molar-refractivity contribution is 5.38. The van der Waals surface area contributed by atoms with Gasteiger partial charge in [-0.2, -0.15) is 4.85 Å². The van der Waals surface area contributed by atoms with Crippen LogP contribution in [0.25, 0.3) is 4.85 Å². The molecule has 0 unspecified atom stereocenters. The molecule has 0 radical (unpaired) electrons. The Balaban J connectivity index is 2.51. The standard InChI is InChI=1S/C12H13N3O3/c1-5-10-11(13-4)17-12(16)15(10)6-9-7(2)14-18-8(9)3/h5-6H2,1-3H3. The van der Waals surface area contributed by atoms with Crippen molar-refractivity contribution >= 4 is 5.88 Å². The van der Waals surface area contributed by atoms with Gasteiger partial charge in [-0.3, -0.25) is 4.57 Å². The second kappa shape index (κ2) is 4.53. The van der Waals surface area contributed by atoms with Crippen LogP contribution in [-0.4, -0.2) is 9.72 Å². The largest absolute Gasteiger partial charge is 0.434 e. The fraction of sp³-hybridized carbons (Fsp3) is 0.417. The minimum atomic E-state index is -0.516. The van der Waals surface area contributed by atoms with Crippen LogP contribution >= 0.6 is 0 Å². The van der Waals surface area contributed by atoms with Crippen molar-refractivity contribution in [3.05, 3.63) is 44.7 Å². The molecule has 0 aliphatic rings.